The first-order chi connectivity index (χ1) is 6.11. The predicted molar refractivity (Wildman–Crippen MR) is 42.5 cm³/mol. The zero-order chi connectivity index (χ0) is 9.84. The quantitative estimate of drug-likeness (QED) is 0.588. The summed E-state index contributed by atoms with van der Waals surface area (Å²) in [6.07, 6.45) is 1.16. The SMILES string of the molecule is CC(=O)NNC(=O)c1ocnc1C. The fourth-order valence-electron chi connectivity index (χ4n) is 0.721. The highest BCUT2D eigenvalue weighted by Gasteiger charge is 2.13. The minimum atomic E-state index is -0.523. The van der Waals surface area contributed by atoms with E-state index in [9.17, 15) is 9.59 Å². The van der Waals surface area contributed by atoms with Crippen molar-refractivity contribution in [2.24, 2.45) is 0 Å². The molecule has 6 nitrogen and oxygen atoms in total. The minimum Gasteiger partial charge on any atom is -0.438 e. The van der Waals surface area contributed by atoms with Gasteiger partial charge in [0, 0.05) is 6.92 Å². The van der Waals surface area contributed by atoms with Crippen molar-refractivity contribution in [1.82, 2.24) is 15.8 Å². The lowest BCUT2D eigenvalue weighted by Crippen LogP contribution is -2.40. The van der Waals surface area contributed by atoms with Crippen molar-refractivity contribution >= 4 is 11.8 Å². The van der Waals surface area contributed by atoms with Crippen LogP contribution in [0.4, 0.5) is 0 Å². The van der Waals surface area contributed by atoms with Crippen LogP contribution in [-0.2, 0) is 4.79 Å². The van der Waals surface area contributed by atoms with E-state index >= 15 is 0 Å². The lowest BCUT2D eigenvalue weighted by Gasteiger charge is -2.01. The molecule has 0 spiro atoms. The molecule has 70 valence electrons. The zero-order valence-corrected chi connectivity index (χ0v) is 7.25. The van der Waals surface area contributed by atoms with Gasteiger partial charge in [0.2, 0.25) is 11.7 Å². The fraction of sp³-hybridized carbons (Fsp3) is 0.286. The van der Waals surface area contributed by atoms with Crippen molar-refractivity contribution in [2.75, 3.05) is 0 Å². The smallest absolute Gasteiger partial charge is 0.307 e. The largest absolute Gasteiger partial charge is 0.438 e. The first kappa shape index (κ1) is 9.24. The number of aromatic nitrogens is 1. The molecule has 0 aliphatic carbocycles. The van der Waals surface area contributed by atoms with E-state index in [0.29, 0.717) is 5.69 Å². The molecular weight excluding hydrogens is 174 g/mol. The molecule has 6 heteroatoms. The number of amides is 2. The zero-order valence-electron chi connectivity index (χ0n) is 7.25. The highest BCUT2D eigenvalue weighted by atomic mass is 16.3. The van der Waals surface area contributed by atoms with Crippen molar-refractivity contribution in [1.29, 1.82) is 0 Å². The van der Waals surface area contributed by atoms with Gasteiger partial charge in [-0.2, -0.15) is 0 Å². The van der Waals surface area contributed by atoms with Crippen LogP contribution < -0.4 is 10.9 Å². The normalized spacial score (nSPS) is 9.38. The van der Waals surface area contributed by atoms with E-state index in [4.69, 9.17) is 4.42 Å². The monoisotopic (exact) mass is 183 g/mol. The summed E-state index contributed by atoms with van der Waals surface area (Å²) in [5, 5.41) is 0. The third-order valence-corrected chi connectivity index (χ3v) is 1.30. The van der Waals surface area contributed by atoms with E-state index in [0.717, 1.165) is 6.39 Å². The first-order valence-corrected chi connectivity index (χ1v) is 3.58. The van der Waals surface area contributed by atoms with Gasteiger partial charge in [-0.25, -0.2) is 4.98 Å². The second kappa shape index (κ2) is 3.70. The number of nitrogens with zero attached hydrogens (tertiary/aromatic N) is 1. The average molecular weight is 183 g/mol. The number of oxazole rings is 1. The number of carbonyl (C=O) groups is 2. The Kier molecular flexibility index (Phi) is 2.63. The van der Waals surface area contributed by atoms with E-state index in [1.165, 1.54) is 6.92 Å². The molecule has 0 aromatic carbocycles. The molecular formula is C7H9N3O3. The first-order valence-electron chi connectivity index (χ1n) is 3.58. The molecule has 1 rings (SSSR count). The van der Waals surface area contributed by atoms with Gasteiger partial charge in [-0.05, 0) is 6.92 Å². The maximum Gasteiger partial charge on any atom is 0.307 e. The molecule has 0 radical (unpaired) electrons. The molecule has 2 N–H and O–H groups in total. The Morgan fingerprint density at radius 3 is 2.62 bits per heavy atom. The number of aryl methyl sites for hydroxylation is 1. The number of hydrogen-bond acceptors (Lipinski definition) is 4. The van der Waals surface area contributed by atoms with Crippen LogP contribution in [0.3, 0.4) is 0 Å². The maximum atomic E-state index is 11.2. The lowest BCUT2D eigenvalue weighted by atomic mass is 10.3. The average Bonchev–Trinajstić information content (AvgIpc) is 2.47. The predicted octanol–water partition coefficient (Wildman–Crippen LogP) is -0.236. The minimum absolute atomic E-state index is 0.0914. The molecule has 0 fully saturated rings. The van der Waals surface area contributed by atoms with Crippen molar-refractivity contribution < 1.29 is 14.0 Å². The summed E-state index contributed by atoms with van der Waals surface area (Å²) in [6.45, 7) is 2.92. The molecule has 1 heterocycles. The molecule has 0 saturated heterocycles. The van der Waals surface area contributed by atoms with E-state index in [-0.39, 0.29) is 11.7 Å². The van der Waals surface area contributed by atoms with Gasteiger partial charge >= 0.3 is 5.91 Å². The van der Waals surface area contributed by atoms with Crippen LogP contribution in [0.2, 0.25) is 0 Å². The molecule has 0 aliphatic heterocycles. The number of nitrogens with one attached hydrogen (secondary N) is 2. The van der Waals surface area contributed by atoms with Gasteiger partial charge in [-0.1, -0.05) is 0 Å². The van der Waals surface area contributed by atoms with Gasteiger partial charge in [0.1, 0.15) is 0 Å². The third-order valence-electron chi connectivity index (χ3n) is 1.30. The van der Waals surface area contributed by atoms with E-state index in [1.807, 2.05) is 0 Å². The van der Waals surface area contributed by atoms with Gasteiger partial charge in [-0.3, -0.25) is 20.4 Å². The van der Waals surface area contributed by atoms with Crippen LogP contribution in [0.15, 0.2) is 10.8 Å². The van der Waals surface area contributed by atoms with Gasteiger partial charge in [0.15, 0.2) is 6.39 Å². The van der Waals surface area contributed by atoms with Crippen LogP contribution in [0.25, 0.3) is 0 Å². The molecule has 0 atom stereocenters. The molecule has 1 aromatic heterocycles. The van der Waals surface area contributed by atoms with Crippen LogP contribution in [0.1, 0.15) is 23.2 Å². The third kappa shape index (κ3) is 2.29. The highest BCUT2D eigenvalue weighted by Crippen LogP contribution is 2.03. The van der Waals surface area contributed by atoms with Gasteiger partial charge in [-0.15, -0.1) is 0 Å². The Morgan fingerprint density at radius 1 is 1.46 bits per heavy atom. The Bertz CT molecular complexity index is 331. The van der Waals surface area contributed by atoms with Gasteiger partial charge in [0.05, 0.1) is 5.69 Å². The van der Waals surface area contributed by atoms with Gasteiger partial charge in [0.25, 0.3) is 0 Å². The summed E-state index contributed by atoms with van der Waals surface area (Å²) >= 11 is 0. The summed E-state index contributed by atoms with van der Waals surface area (Å²) < 4.78 is 4.78. The highest BCUT2D eigenvalue weighted by molar-refractivity contribution is 5.93. The maximum absolute atomic E-state index is 11.2. The fourth-order valence-corrected chi connectivity index (χ4v) is 0.721. The van der Waals surface area contributed by atoms with Crippen LogP contribution in [0.5, 0.6) is 0 Å². The molecule has 0 aliphatic rings. The van der Waals surface area contributed by atoms with Crippen LogP contribution in [0, 0.1) is 6.92 Å². The summed E-state index contributed by atoms with van der Waals surface area (Å²) in [5.41, 5.74) is 4.76. The second-order valence-electron chi connectivity index (χ2n) is 2.40. The standard InChI is InChI=1S/C7H9N3O3/c1-4-6(13-3-8-4)7(12)10-9-5(2)11/h3H,1-2H3,(H,9,11)(H,10,12). The van der Waals surface area contributed by atoms with Crippen molar-refractivity contribution in [3.05, 3.63) is 17.8 Å². The van der Waals surface area contributed by atoms with Crippen LogP contribution >= 0.6 is 0 Å². The summed E-state index contributed by atoms with van der Waals surface area (Å²) in [6, 6.07) is 0. The summed E-state index contributed by atoms with van der Waals surface area (Å²) in [5.74, 6) is -0.788. The second-order valence-corrected chi connectivity index (χ2v) is 2.40. The van der Waals surface area contributed by atoms with E-state index in [2.05, 4.69) is 15.8 Å². The van der Waals surface area contributed by atoms with Crippen molar-refractivity contribution in [3.63, 3.8) is 0 Å². The molecule has 0 saturated carbocycles. The molecule has 2 amide bonds. The number of rotatable bonds is 1. The van der Waals surface area contributed by atoms with Crippen LogP contribution in [-0.4, -0.2) is 16.8 Å². The Morgan fingerprint density at radius 2 is 2.15 bits per heavy atom. The number of hydrogen-bond donors (Lipinski definition) is 2. The van der Waals surface area contributed by atoms with Crippen molar-refractivity contribution in [2.45, 2.75) is 13.8 Å². The Hall–Kier alpha value is -1.85. The topological polar surface area (TPSA) is 84.2 Å². The molecule has 13 heavy (non-hydrogen) atoms. The molecule has 0 unspecified atom stereocenters. The summed E-state index contributed by atoms with van der Waals surface area (Å²) in [4.78, 5) is 25.3. The molecule has 0 bridgehead atoms. The number of carbonyl (C=O) groups excluding carboxylic acids is 2. The van der Waals surface area contributed by atoms with E-state index < -0.39 is 5.91 Å². The van der Waals surface area contributed by atoms with E-state index in [1.54, 1.807) is 6.92 Å². The Labute approximate surface area is 74.3 Å². The molecule has 1 aromatic rings. The number of hydrazine groups is 1. The van der Waals surface area contributed by atoms with Crippen molar-refractivity contribution in [3.8, 4) is 0 Å². The Balaban J connectivity index is 2.59. The lowest BCUT2D eigenvalue weighted by molar-refractivity contribution is -0.119. The van der Waals surface area contributed by atoms with Gasteiger partial charge < -0.3 is 4.42 Å². The summed E-state index contributed by atoms with van der Waals surface area (Å²) in [7, 11) is 0.